The Morgan fingerprint density at radius 2 is 1.88 bits per heavy atom. The molecule has 0 fully saturated rings. The Morgan fingerprint density at radius 3 is 2.60 bits per heavy atom. The van der Waals surface area contributed by atoms with Gasteiger partial charge in [0.05, 0.1) is 5.56 Å². The fourth-order valence-corrected chi connectivity index (χ4v) is 3.02. The van der Waals surface area contributed by atoms with Crippen LogP contribution in [0.4, 0.5) is 5.69 Å². The molecule has 0 bridgehead atoms. The predicted octanol–water partition coefficient (Wildman–Crippen LogP) is 2.92. The molecule has 0 aromatic heterocycles. The Hall–Kier alpha value is -2.47. The van der Waals surface area contributed by atoms with Crippen molar-refractivity contribution in [3.63, 3.8) is 0 Å². The molecule has 6 heteroatoms. The summed E-state index contributed by atoms with van der Waals surface area (Å²) in [5.41, 5.74) is 2.86. The molecule has 0 saturated heterocycles. The van der Waals surface area contributed by atoms with E-state index in [-0.39, 0.29) is 12.5 Å². The van der Waals surface area contributed by atoms with Gasteiger partial charge in [0.2, 0.25) is 0 Å². The molecule has 0 aliphatic rings. The van der Waals surface area contributed by atoms with Crippen LogP contribution >= 0.6 is 0 Å². The molecule has 1 N–H and O–H groups in total. The normalized spacial score (nSPS) is 11.6. The van der Waals surface area contributed by atoms with Crippen LogP contribution in [-0.4, -0.2) is 28.9 Å². The summed E-state index contributed by atoms with van der Waals surface area (Å²) in [5, 5.41) is 2.75. The summed E-state index contributed by atoms with van der Waals surface area (Å²) in [7, 11) is -0.991. The van der Waals surface area contributed by atoms with Crippen molar-refractivity contribution >= 4 is 28.4 Å². The highest BCUT2D eigenvalue weighted by Gasteiger charge is 2.12. The molecule has 1 unspecified atom stereocenters. The van der Waals surface area contributed by atoms with E-state index in [1.807, 2.05) is 31.2 Å². The van der Waals surface area contributed by atoms with Crippen molar-refractivity contribution in [2.24, 2.45) is 0 Å². The number of aryl methyl sites for hydroxylation is 1. The number of anilines is 1. The number of hydrogen-bond acceptors (Lipinski definition) is 4. The maximum absolute atomic E-state index is 12.1. The Morgan fingerprint density at radius 1 is 1.12 bits per heavy atom. The van der Waals surface area contributed by atoms with Gasteiger partial charge >= 0.3 is 5.97 Å². The Kier molecular flexibility index (Phi) is 6.89. The average Bonchev–Trinajstić information content (AvgIpc) is 2.60. The van der Waals surface area contributed by atoms with Gasteiger partial charge in [-0.2, -0.15) is 0 Å². The van der Waals surface area contributed by atoms with E-state index in [2.05, 4.69) is 5.32 Å². The van der Waals surface area contributed by atoms with E-state index in [9.17, 15) is 13.8 Å². The van der Waals surface area contributed by atoms with Crippen LogP contribution in [0.5, 0.6) is 0 Å². The fourth-order valence-electron chi connectivity index (χ4n) is 2.37. The molecule has 0 heterocycles. The molecule has 1 amide bonds. The molecule has 0 aliphatic heterocycles. The van der Waals surface area contributed by atoms with Crippen LogP contribution in [0.2, 0.25) is 0 Å². The number of benzene rings is 2. The highest BCUT2D eigenvalue weighted by molar-refractivity contribution is 7.83. The van der Waals surface area contributed by atoms with Gasteiger partial charge in [0.15, 0.2) is 6.61 Å². The van der Waals surface area contributed by atoms with Crippen molar-refractivity contribution in [1.29, 1.82) is 0 Å². The molecule has 2 rings (SSSR count). The molecule has 132 valence electrons. The van der Waals surface area contributed by atoms with Gasteiger partial charge in [-0.15, -0.1) is 0 Å². The SMILES string of the molecule is CCc1ccccc1NC(=O)COC(=O)c1cccc(CS(C)=O)c1. The molecule has 0 spiro atoms. The number of hydrogen-bond donors (Lipinski definition) is 1. The first-order valence-electron chi connectivity index (χ1n) is 7.93. The summed E-state index contributed by atoms with van der Waals surface area (Å²) >= 11 is 0. The number of nitrogens with one attached hydrogen (secondary N) is 1. The van der Waals surface area contributed by atoms with Crippen molar-refractivity contribution in [2.45, 2.75) is 19.1 Å². The van der Waals surface area contributed by atoms with Crippen molar-refractivity contribution in [1.82, 2.24) is 0 Å². The molecule has 0 radical (unpaired) electrons. The van der Waals surface area contributed by atoms with E-state index in [0.717, 1.165) is 23.2 Å². The molecular weight excluding hydrogens is 338 g/mol. The van der Waals surface area contributed by atoms with E-state index in [1.165, 1.54) is 0 Å². The van der Waals surface area contributed by atoms with Crippen molar-refractivity contribution in [2.75, 3.05) is 18.2 Å². The van der Waals surface area contributed by atoms with Gasteiger partial charge in [-0.1, -0.05) is 37.3 Å². The Bertz CT molecular complexity index is 788. The lowest BCUT2D eigenvalue weighted by Crippen LogP contribution is -2.21. The van der Waals surface area contributed by atoms with Crippen LogP contribution in [0.15, 0.2) is 48.5 Å². The summed E-state index contributed by atoms with van der Waals surface area (Å²) in [6, 6.07) is 14.2. The number of ether oxygens (including phenoxy) is 1. The zero-order valence-electron chi connectivity index (χ0n) is 14.3. The van der Waals surface area contributed by atoms with Crippen LogP contribution < -0.4 is 5.32 Å². The highest BCUT2D eigenvalue weighted by atomic mass is 32.2. The van der Waals surface area contributed by atoms with Gasteiger partial charge in [0, 0.05) is 28.5 Å². The van der Waals surface area contributed by atoms with Gasteiger partial charge < -0.3 is 10.1 Å². The second-order valence-electron chi connectivity index (χ2n) is 5.55. The maximum Gasteiger partial charge on any atom is 0.338 e. The zero-order chi connectivity index (χ0) is 18.2. The van der Waals surface area contributed by atoms with Crippen molar-refractivity contribution < 1.29 is 18.5 Å². The number of rotatable bonds is 7. The van der Waals surface area contributed by atoms with Gasteiger partial charge in [-0.25, -0.2) is 4.79 Å². The van der Waals surface area contributed by atoms with E-state index in [0.29, 0.717) is 11.3 Å². The molecular formula is C19H21NO4S. The number of carbonyl (C=O) groups excluding carboxylic acids is 2. The average molecular weight is 359 g/mol. The maximum atomic E-state index is 12.1. The standard InChI is InChI=1S/C19H21NO4S/c1-3-15-8-4-5-10-17(15)20-18(21)12-24-19(22)16-9-6-7-14(11-16)13-25(2)23/h4-11H,3,12-13H2,1-2H3,(H,20,21). The van der Waals surface area contributed by atoms with Gasteiger partial charge in [0.1, 0.15) is 0 Å². The summed E-state index contributed by atoms with van der Waals surface area (Å²) in [4.78, 5) is 24.1. The first-order valence-corrected chi connectivity index (χ1v) is 9.66. The lowest BCUT2D eigenvalue weighted by molar-refractivity contribution is -0.119. The summed E-state index contributed by atoms with van der Waals surface area (Å²) in [5.74, 6) is -0.599. The van der Waals surface area contributed by atoms with Crippen molar-refractivity contribution in [3.05, 3.63) is 65.2 Å². The molecule has 1 atom stereocenters. The van der Waals surface area contributed by atoms with E-state index < -0.39 is 16.8 Å². The number of amides is 1. The Balaban J connectivity index is 1.93. The minimum absolute atomic E-state index is 0.338. The third-order valence-electron chi connectivity index (χ3n) is 3.54. The fraction of sp³-hybridized carbons (Fsp3) is 0.263. The van der Waals surface area contributed by atoms with Gasteiger partial charge in [-0.05, 0) is 35.7 Å². The quantitative estimate of drug-likeness (QED) is 0.772. The first kappa shape index (κ1) is 18.9. The third kappa shape index (κ3) is 5.83. The largest absolute Gasteiger partial charge is 0.452 e. The van der Waals surface area contributed by atoms with Crippen LogP contribution in [0.3, 0.4) is 0 Å². The molecule has 0 saturated carbocycles. The lowest BCUT2D eigenvalue weighted by atomic mass is 10.1. The first-order chi connectivity index (χ1) is 12.0. The minimum atomic E-state index is -0.991. The van der Waals surface area contributed by atoms with Crippen LogP contribution in [-0.2, 0) is 32.5 Å². The monoisotopic (exact) mass is 359 g/mol. The minimum Gasteiger partial charge on any atom is -0.452 e. The van der Waals surface area contributed by atoms with E-state index in [4.69, 9.17) is 4.74 Å². The smallest absolute Gasteiger partial charge is 0.338 e. The highest BCUT2D eigenvalue weighted by Crippen LogP contribution is 2.15. The van der Waals surface area contributed by atoms with Crippen LogP contribution in [0.1, 0.15) is 28.4 Å². The topological polar surface area (TPSA) is 72.5 Å². The van der Waals surface area contributed by atoms with E-state index >= 15 is 0 Å². The summed E-state index contributed by atoms with van der Waals surface area (Å²) < 4.78 is 16.3. The molecule has 5 nitrogen and oxygen atoms in total. The van der Waals surface area contributed by atoms with Crippen LogP contribution in [0, 0.1) is 0 Å². The lowest BCUT2D eigenvalue weighted by Gasteiger charge is -2.10. The van der Waals surface area contributed by atoms with Crippen LogP contribution in [0.25, 0.3) is 0 Å². The summed E-state index contributed by atoms with van der Waals surface area (Å²) in [6.07, 6.45) is 2.39. The second kappa shape index (κ2) is 9.13. The number of esters is 1. The Labute approximate surface area is 149 Å². The van der Waals surface area contributed by atoms with E-state index in [1.54, 1.807) is 30.5 Å². The molecule has 25 heavy (non-hydrogen) atoms. The predicted molar refractivity (Wildman–Crippen MR) is 98.9 cm³/mol. The van der Waals surface area contributed by atoms with Gasteiger partial charge in [0.25, 0.3) is 5.91 Å². The molecule has 2 aromatic carbocycles. The summed E-state index contributed by atoms with van der Waals surface area (Å²) in [6.45, 7) is 1.64. The van der Waals surface area contributed by atoms with Crippen molar-refractivity contribution in [3.8, 4) is 0 Å². The molecule has 2 aromatic rings. The number of carbonyl (C=O) groups is 2. The van der Waals surface area contributed by atoms with Gasteiger partial charge in [-0.3, -0.25) is 9.00 Å². The zero-order valence-corrected chi connectivity index (χ0v) is 15.1. The molecule has 0 aliphatic carbocycles. The third-order valence-corrected chi connectivity index (χ3v) is 4.28. The number of para-hydroxylation sites is 1. The second-order valence-corrected chi connectivity index (χ2v) is 6.99.